The van der Waals surface area contributed by atoms with Gasteiger partial charge in [-0.2, -0.15) is 0 Å². The second kappa shape index (κ2) is 7.19. The molecule has 0 saturated heterocycles. The van der Waals surface area contributed by atoms with Gasteiger partial charge in [0.25, 0.3) is 0 Å². The van der Waals surface area contributed by atoms with Gasteiger partial charge in [0.1, 0.15) is 0 Å². The van der Waals surface area contributed by atoms with E-state index in [2.05, 4.69) is 5.32 Å². The molecule has 0 spiro atoms. The predicted octanol–water partition coefficient (Wildman–Crippen LogP) is 2.16. The normalized spacial score (nSPS) is 11.9. The number of hydrogen-bond donors (Lipinski definition) is 2. The summed E-state index contributed by atoms with van der Waals surface area (Å²) >= 11 is 1.56. The van der Waals surface area contributed by atoms with E-state index >= 15 is 0 Å². The number of carboxylic acids is 1. The lowest BCUT2D eigenvalue weighted by atomic mass is 10.1. The Morgan fingerprint density at radius 2 is 1.95 bits per heavy atom. The number of carboxylic acid groups (broad SMARTS) is 1. The second-order valence-corrected chi connectivity index (χ2v) is 6.25. The molecular weight excluding hydrogens is 278 g/mol. The molecule has 0 bridgehead atoms. The zero-order valence-corrected chi connectivity index (χ0v) is 12.7. The van der Waals surface area contributed by atoms with Crippen LogP contribution in [0.25, 0.3) is 0 Å². The van der Waals surface area contributed by atoms with Gasteiger partial charge in [-0.25, -0.2) is 0 Å². The average Bonchev–Trinajstić information content (AvgIpc) is 2.71. The van der Waals surface area contributed by atoms with Crippen molar-refractivity contribution >= 4 is 29.0 Å². The number of Topliss-reactive ketones (excluding diaryl/α,β-unsaturated/α-hetero) is 1. The smallest absolute Gasteiger partial charge is 0.308 e. The highest BCUT2D eigenvalue weighted by atomic mass is 32.1. The molecule has 1 aromatic heterocycles. The molecule has 5 nitrogen and oxygen atoms in total. The monoisotopic (exact) mass is 297 g/mol. The number of amides is 1. The van der Waals surface area contributed by atoms with E-state index in [0.717, 1.165) is 9.75 Å². The highest BCUT2D eigenvalue weighted by Gasteiger charge is 2.15. The lowest BCUT2D eigenvalue weighted by molar-refractivity contribution is -0.141. The number of rotatable bonds is 7. The van der Waals surface area contributed by atoms with Crippen molar-refractivity contribution in [2.75, 3.05) is 6.54 Å². The van der Waals surface area contributed by atoms with Crippen LogP contribution in [-0.4, -0.2) is 29.3 Å². The predicted molar refractivity (Wildman–Crippen MR) is 77.2 cm³/mol. The van der Waals surface area contributed by atoms with E-state index in [-0.39, 0.29) is 31.1 Å². The van der Waals surface area contributed by atoms with Gasteiger partial charge < -0.3 is 10.4 Å². The van der Waals surface area contributed by atoms with E-state index in [0.29, 0.717) is 5.56 Å². The molecule has 0 aliphatic heterocycles. The Labute approximate surface area is 122 Å². The molecule has 0 radical (unpaired) electrons. The second-order valence-electron chi connectivity index (χ2n) is 4.79. The molecule has 0 aliphatic carbocycles. The van der Waals surface area contributed by atoms with Crippen LogP contribution >= 0.6 is 11.3 Å². The Morgan fingerprint density at radius 3 is 2.45 bits per heavy atom. The van der Waals surface area contributed by atoms with Crippen LogP contribution in [0.2, 0.25) is 0 Å². The molecule has 0 aromatic carbocycles. The maximum atomic E-state index is 12.0. The fourth-order valence-electron chi connectivity index (χ4n) is 1.71. The number of aliphatic carboxylic acids is 1. The van der Waals surface area contributed by atoms with Crippen LogP contribution in [0.5, 0.6) is 0 Å². The third-order valence-corrected chi connectivity index (χ3v) is 3.91. The minimum atomic E-state index is -0.953. The fourth-order valence-corrected chi connectivity index (χ4v) is 2.65. The molecule has 110 valence electrons. The van der Waals surface area contributed by atoms with Crippen molar-refractivity contribution in [1.82, 2.24) is 5.32 Å². The maximum absolute atomic E-state index is 12.0. The molecule has 1 atom stereocenters. The largest absolute Gasteiger partial charge is 0.481 e. The lowest BCUT2D eigenvalue weighted by Crippen LogP contribution is -2.31. The number of carbonyl (C=O) groups is 3. The molecule has 1 unspecified atom stereocenters. The van der Waals surface area contributed by atoms with Gasteiger partial charge in [-0.05, 0) is 19.9 Å². The Morgan fingerprint density at radius 1 is 1.30 bits per heavy atom. The van der Waals surface area contributed by atoms with Gasteiger partial charge >= 0.3 is 5.97 Å². The van der Waals surface area contributed by atoms with Crippen LogP contribution in [0, 0.1) is 19.8 Å². The first-order chi connectivity index (χ1) is 9.31. The number of carbonyl (C=O) groups excluding carboxylic acids is 2. The Hall–Kier alpha value is -1.69. The minimum absolute atomic E-state index is 0.0479. The summed E-state index contributed by atoms with van der Waals surface area (Å²) in [5, 5.41) is 11.2. The molecule has 1 amide bonds. The average molecular weight is 297 g/mol. The van der Waals surface area contributed by atoms with Gasteiger partial charge in [0.05, 0.1) is 5.92 Å². The first kappa shape index (κ1) is 16.4. The molecule has 0 aliphatic rings. The molecule has 0 saturated carbocycles. The van der Waals surface area contributed by atoms with E-state index < -0.39 is 11.9 Å². The molecule has 1 heterocycles. The summed E-state index contributed by atoms with van der Waals surface area (Å²) in [5.41, 5.74) is 0.680. The minimum Gasteiger partial charge on any atom is -0.481 e. The van der Waals surface area contributed by atoms with Crippen molar-refractivity contribution in [3.05, 3.63) is 21.4 Å². The van der Waals surface area contributed by atoms with Crippen molar-refractivity contribution in [3.63, 3.8) is 0 Å². The molecule has 0 fully saturated rings. The topological polar surface area (TPSA) is 83.5 Å². The van der Waals surface area contributed by atoms with Crippen molar-refractivity contribution in [2.24, 2.45) is 5.92 Å². The van der Waals surface area contributed by atoms with E-state index in [4.69, 9.17) is 5.11 Å². The zero-order valence-electron chi connectivity index (χ0n) is 11.9. The van der Waals surface area contributed by atoms with Crippen molar-refractivity contribution in [2.45, 2.75) is 33.6 Å². The fraction of sp³-hybridized carbons (Fsp3) is 0.500. The number of thiophene rings is 1. The van der Waals surface area contributed by atoms with Crippen LogP contribution in [-0.2, 0) is 9.59 Å². The van der Waals surface area contributed by atoms with E-state index in [1.54, 1.807) is 11.3 Å². The summed E-state index contributed by atoms with van der Waals surface area (Å²) in [6, 6.07) is 1.84. The van der Waals surface area contributed by atoms with Crippen LogP contribution in [0.4, 0.5) is 0 Å². The quantitative estimate of drug-likeness (QED) is 0.755. The SMILES string of the molecule is Cc1cc(C(=O)CCC(=O)NCC(C)C(=O)O)c(C)s1. The number of nitrogens with one attached hydrogen (secondary N) is 1. The van der Waals surface area contributed by atoms with Gasteiger partial charge in [-0.1, -0.05) is 6.92 Å². The summed E-state index contributed by atoms with van der Waals surface area (Å²) in [5.74, 6) is -1.92. The molecular formula is C14H19NO4S. The summed E-state index contributed by atoms with van der Waals surface area (Å²) in [6.07, 6.45) is 0.226. The Balaban J connectivity index is 2.39. The molecule has 6 heteroatoms. The summed E-state index contributed by atoms with van der Waals surface area (Å²) in [6.45, 7) is 5.43. The van der Waals surface area contributed by atoms with Gasteiger partial charge in [0, 0.05) is 34.7 Å². The van der Waals surface area contributed by atoms with Gasteiger partial charge in [0.15, 0.2) is 5.78 Å². The first-order valence-electron chi connectivity index (χ1n) is 6.41. The molecule has 1 rings (SSSR count). The van der Waals surface area contributed by atoms with E-state index in [9.17, 15) is 14.4 Å². The highest BCUT2D eigenvalue weighted by Crippen LogP contribution is 2.22. The van der Waals surface area contributed by atoms with Gasteiger partial charge in [-0.15, -0.1) is 11.3 Å². The molecule has 20 heavy (non-hydrogen) atoms. The number of ketones is 1. The van der Waals surface area contributed by atoms with Crippen LogP contribution < -0.4 is 5.32 Å². The van der Waals surface area contributed by atoms with E-state index in [1.807, 2.05) is 19.9 Å². The standard InChI is InChI=1S/C14H19NO4S/c1-8(14(18)19)7-15-13(17)5-4-12(16)11-6-9(2)20-10(11)3/h6,8H,4-5,7H2,1-3H3,(H,15,17)(H,18,19). The summed E-state index contributed by atoms with van der Waals surface area (Å²) in [7, 11) is 0. The first-order valence-corrected chi connectivity index (χ1v) is 7.22. The maximum Gasteiger partial charge on any atom is 0.308 e. The summed E-state index contributed by atoms with van der Waals surface area (Å²) in [4.78, 5) is 36.1. The van der Waals surface area contributed by atoms with E-state index in [1.165, 1.54) is 6.92 Å². The third-order valence-electron chi connectivity index (χ3n) is 2.95. The van der Waals surface area contributed by atoms with Crippen molar-refractivity contribution in [3.8, 4) is 0 Å². The zero-order chi connectivity index (χ0) is 15.3. The van der Waals surface area contributed by atoms with Crippen molar-refractivity contribution in [1.29, 1.82) is 0 Å². The van der Waals surface area contributed by atoms with Crippen LogP contribution in [0.3, 0.4) is 0 Å². The Bertz CT molecular complexity index is 521. The Kier molecular flexibility index (Phi) is 5.88. The number of aryl methyl sites for hydroxylation is 2. The summed E-state index contributed by atoms with van der Waals surface area (Å²) < 4.78 is 0. The molecule has 1 aromatic rings. The van der Waals surface area contributed by atoms with Gasteiger partial charge in [0.2, 0.25) is 5.91 Å². The third kappa shape index (κ3) is 4.77. The van der Waals surface area contributed by atoms with Crippen LogP contribution in [0.1, 0.15) is 39.9 Å². The number of hydrogen-bond acceptors (Lipinski definition) is 4. The lowest BCUT2D eigenvalue weighted by Gasteiger charge is -2.08. The van der Waals surface area contributed by atoms with Crippen LogP contribution in [0.15, 0.2) is 6.07 Å². The van der Waals surface area contributed by atoms with Crippen molar-refractivity contribution < 1.29 is 19.5 Å². The highest BCUT2D eigenvalue weighted by molar-refractivity contribution is 7.12. The molecule has 2 N–H and O–H groups in total. The van der Waals surface area contributed by atoms with Gasteiger partial charge in [-0.3, -0.25) is 14.4 Å².